The SMILES string of the molecule is CCCNC(C)C(Cc1sccc1Br)C(C)C. The van der Waals surface area contributed by atoms with Crippen molar-refractivity contribution in [2.24, 2.45) is 11.8 Å². The maximum absolute atomic E-state index is 3.64. The highest BCUT2D eigenvalue weighted by molar-refractivity contribution is 9.10. The quantitative estimate of drug-likeness (QED) is 0.767. The van der Waals surface area contributed by atoms with E-state index in [9.17, 15) is 0 Å². The molecule has 2 atom stereocenters. The van der Waals surface area contributed by atoms with E-state index in [0.717, 1.165) is 6.54 Å². The second-order valence-electron chi connectivity index (χ2n) is 5.05. The van der Waals surface area contributed by atoms with Gasteiger partial charge < -0.3 is 5.32 Å². The molecule has 1 aromatic heterocycles. The minimum absolute atomic E-state index is 0.587. The number of thiophene rings is 1. The second-order valence-corrected chi connectivity index (χ2v) is 6.90. The summed E-state index contributed by atoms with van der Waals surface area (Å²) in [5, 5.41) is 5.80. The van der Waals surface area contributed by atoms with Crippen molar-refractivity contribution in [2.45, 2.75) is 46.6 Å². The number of hydrogen-bond donors (Lipinski definition) is 1. The lowest BCUT2D eigenvalue weighted by Crippen LogP contribution is -2.37. The van der Waals surface area contributed by atoms with E-state index < -0.39 is 0 Å². The minimum atomic E-state index is 0.587. The summed E-state index contributed by atoms with van der Waals surface area (Å²) in [6.45, 7) is 10.3. The van der Waals surface area contributed by atoms with Crippen LogP contribution in [0.15, 0.2) is 15.9 Å². The normalized spacial score (nSPS) is 15.2. The summed E-state index contributed by atoms with van der Waals surface area (Å²) in [7, 11) is 0. The van der Waals surface area contributed by atoms with Crippen molar-refractivity contribution in [2.75, 3.05) is 6.54 Å². The van der Waals surface area contributed by atoms with Crippen molar-refractivity contribution in [1.29, 1.82) is 0 Å². The van der Waals surface area contributed by atoms with E-state index >= 15 is 0 Å². The van der Waals surface area contributed by atoms with Gasteiger partial charge in [0.25, 0.3) is 0 Å². The van der Waals surface area contributed by atoms with Crippen LogP contribution in [0.2, 0.25) is 0 Å². The van der Waals surface area contributed by atoms with Crippen molar-refractivity contribution >= 4 is 27.3 Å². The van der Waals surface area contributed by atoms with E-state index in [4.69, 9.17) is 0 Å². The van der Waals surface area contributed by atoms with Crippen LogP contribution in [0.1, 0.15) is 39.0 Å². The van der Waals surface area contributed by atoms with Gasteiger partial charge in [-0.2, -0.15) is 0 Å². The molecule has 17 heavy (non-hydrogen) atoms. The molecule has 1 aromatic rings. The monoisotopic (exact) mass is 317 g/mol. The highest BCUT2D eigenvalue weighted by Crippen LogP contribution is 2.29. The van der Waals surface area contributed by atoms with Gasteiger partial charge in [0, 0.05) is 15.4 Å². The lowest BCUT2D eigenvalue weighted by atomic mass is 9.86. The van der Waals surface area contributed by atoms with Gasteiger partial charge in [0.1, 0.15) is 0 Å². The number of rotatable bonds is 7. The van der Waals surface area contributed by atoms with Gasteiger partial charge in [-0.3, -0.25) is 0 Å². The fourth-order valence-corrected chi connectivity index (χ4v) is 3.79. The molecule has 2 unspecified atom stereocenters. The zero-order valence-corrected chi connectivity index (χ0v) is 13.7. The van der Waals surface area contributed by atoms with Gasteiger partial charge in [0.2, 0.25) is 0 Å². The molecule has 98 valence electrons. The van der Waals surface area contributed by atoms with Gasteiger partial charge in [-0.1, -0.05) is 20.8 Å². The van der Waals surface area contributed by atoms with Crippen LogP contribution in [-0.4, -0.2) is 12.6 Å². The van der Waals surface area contributed by atoms with Gasteiger partial charge in [0.05, 0.1) is 0 Å². The largest absolute Gasteiger partial charge is 0.314 e. The van der Waals surface area contributed by atoms with Crippen molar-refractivity contribution in [3.8, 4) is 0 Å². The first kappa shape index (κ1) is 15.2. The molecule has 0 fully saturated rings. The smallest absolute Gasteiger partial charge is 0.0314 e. The Bertz CT molecular complexity index is 322. The molecule has 1 rings (SSSR count). The average molecular weight is 318 g/mol. The molecule has 0 aliphatic carbocycles. The Balaban J connectivity index is 2.63. The van der Waals surface area contributed by atoms with E-state index in [2.05, 4.69) is 60.4 Å². The fourth-order valence-electron chi connectivity index (χ4n) is 2.20. The van der Waals surface area contributed by atoms with Crippen molar-refractivity contribution < 1.29 is 0 Å². The summed E-state index contributed by atoms with van der Waals surface area (Å²) >= 11 is 5.50. The van der Waals surface area contributed by atoms with Crippen LogP contribution in [0.25, 0.3) is 0 Å². The third kappa shape index (κ3) is 4.72. The van der Waals surface area contributed by atoms with E-state index in [1.165, 1.54) is 22.2 Å². The summed E-state index contributed by atoms with van der Waals surface area (Å²) in [6.07, 6.45) is 2.38. The summed E-state index contributed by atoms with van der Waals surface area (Å²) in [5.41, 5.74) is 0. The van der Waals surface area contributed by atoms with Gasteiger partial charge in [-0.05, 0) is 65.5 Å². The molecular weight excluding hydrogens is 294 g/mol. The molecule has 0 bridgehead atoms. The predicted octanol–water partition coefficient (Wildman–Crippen LogP) is 4.71. The van der Waals surface area contributed by atoms with Crippen LogP contribution < -0.4 is 5.32 Å². The standard InChI is InChI=1S/C14H24BrNS/c1-5-7-16-11(4)12(10(2)3)9-14-13(15)6-8-17-14/h6,8,10-12,16H,5,7,9H2,1-4H3. The van der Waals surface area contributed by atoms with E-state index in [0.29, 0.717) is 17.9 Å². The first-order chi connectivity index (χ1) is 8.06. The zero-order valence-electron chi connectivity index (χ0n) is 11.3. The van der Waals surface area contributed by atoms with Crippen LogP contribution in [0, 0.1) is 11.8 Å². The molecule has 0 saturated carbocycles. The van der Waals surface area contributed by atoms with Crippen molar-refractivity contribution in [3.63, 3.8) is 0 Å². The Morgan fingerprint density at radius 2 is 2.06 bits per heavy atom. The van der Waals surface area contributed by atoms with Crippen molar-refractivity contribution in [1.82, 2.24) is 5.32 Å². The molecule has 3 heteroatoms. The lowest BCUT2D eigenvalue weighted by Gasteiger charge is -2.28. The Labute approximate surface area is 118 Å². The maximum atomic E-state index is 3.64. The molecule has 1 N–H and O–H groups in total. The van der Waals surface area contributed by atoms with E-state index in [1.807, 2.05) is 11.3 Å². The van der Waals surface area contributed by atoms with Gasteiger partial charge in [-0.15, -0.1) is 11.3 Å². The number of halogens is 1. The van der Waals surface area contributed by atoms with Gasteiger partial charge in [-0.25, -0.2) is 0 Å². The fraction of sp³-hybridized carbons (Fsp3) is 0.714. The molecule has 0 aromatic carbocycles. The first-order valence-electron chi connectivity index (χ1n) is 6.51. The lowest BCUT2D eigenvalue weighted by molar-refractivity contribution is 0.290. The minimum Gasteiger partial charge on any atom is -0.314 e. The molecule has 0 amide bonds. The number of hydrogen-bond acceptors (Lipinski definition) is 2. The third-order valence-electron chi connectivity index (χ3n) is 3.33. The zero-order chi connectivity index (χ0) is 12.8. The van der Waals surface area contributed by atoms with Crippen LogP contribution in [0.4, 0.5) is 0 Å². The number of nitrogens with one attached hydrogen (secondary N) is 1. The Hall–Kier alpha value is 0.140. The summed E-state index contributed by atoms with van der Waals surface area (Å²) < 4.78 is 1.27. The van der Waals surface area contributed by atoms with Gasteiger partial charge >= 0.3 is 0 Å². The molecule has 1 heterocycles. The first-order valence-corrected chi connectivity index (χ1v) is 8.18. The molecule has 0 saturated heterocycles. The third-order valence-corrected chi connectivity index (χ3v) is 5.28. The van der Waals surface area contributed by atoms with Crippen LogP contribution in [0.5, 0.6) is 0 Å². The summed E-state index contributed by atoms with van der Waals surface area (Å²) in [6, 6.07) is 2.74. The van der Waals surface area contributed by atoms with Crippen LogP contribution in [0.3, 0.4) is 0 Å². The highest BCUT2D eigenvalue weighted by Gasteiger charge is 2.22. The molecule has 0 spiro atoms. The second kappa shape index (κ2) is 7.55. The molecule has 0 aliphatic heterocycles. The average Bonchev–Trinajstić information content (AvgIpc) is 2.68. The molecule has 0 radical (unpaired) electrons. The predicted molar refractivity (Wildman–Crippen MR) is 81.8 cm³/mol. The molecule has 0 aliphatic rings. The Morgan fingerprint density at radius 3 is 2.53 bits per heavy atom. The van der Waals surface area contributed by atoms with E-state index in [1.54, 1.807) is 0 Å². The van der Waals surface area contributed by atoms with Crippen molar-refractivity contribution in [3.05, 3.63) is 20.8 Å². The Morgan fingerprint density at radius 1 is 1.35 bits per heavy atom. The van der Waals surface area contributed by atoms with Crippen LogP contribution >= 0.6 is 27.3 Å². The summed E-state index contributed by atoms with van der Waals surface area (Å²) in [5.74, 6) is 1.42. The van der Waals surface area contributed by atoms with Gasteiger partial charge in [0.15, 0.2) is 0 Å². The van der Waals surface area contributed by atoms with E-state index in [-0.39, 0.29) is 0 Å². The molecule has 1 nitrogen and oxygen atoms in total. The summed E-state index contributed by atoms with van der Waals surface area (Å²) in [4.78, 5) is 1.48. The Kier molecular flexibility index (Phi) is 6.75. The van der Waals surface area contributed by atoms with Crippen LogP contribution in [-0.2, 0) is 6.42 Å². The molecular formula is C14H24BrNS. The highest BCUT2D eigenvalue weighted by atomic mass is 79.9. The topological polar surface area (TPSA) is 12.0 Å². The maximum Gasteiger partial charge on any atom is 0.0314 e.